The van der Waals surface area contributed by atoms with E-state index in [-0.39, 0.29) is 11.6 Å². The third-order valence-electron chi connectivity index (χ3n) is 4.05. The number of carbonyl (C=O) groups excluding carboxylic acids is 2. The monoisotopic (exact) mass is 293 g/mol. The van der Waals surface area contributed by atoms with Gasteiger partial charge in [0.05, 0.1) is 5.56 Å². The zero-order valence-electron chi connectivity index (χ0n) is 12.7. The number of benzene rings is 2. The van der Waals surface area contributed by atoms with Crippen molar-refractivity contribution in [3.8, 4) is 0 Å². The van der Waals surface area contributed by atoms with Gasteiger partial charge in [-0.3, -0.25) is 9.59 Å². The van der Waals surface area contributed by atoms with E-state index in [1.807, 2.05) is 12.1 Å². The lowest BCUT2D eigenvalue weighted by Gasteiger charge is -2.20. The summed E-state index contributed by atoms with van der Waals surface area (Å²) in [7, 11) is 0. The van der Waals surface area contributed by atoms with Crippen LogP contribution < -0.4 is 5.32 Å². The van der Waals surface area contributed by atoms with Crippen molar-refractivity contribution in [2.75, 3.05) is 11.9 Å². The number of anilines is 1. The van der Waals surface area contributed by atoms with Crippen LogP contribution in [0, 0.1) is 0 Å². The summed E-state index contributed by atoms with van der Waals surface area (Å²) in [5, 5.41) is 3.32. The maximum Gasteiger partial charge on any atom is 0.196 e. The van der Waals surface area contributed by atoms with Crippen molar-refractivity contribution in [2.24, 2.45) is 0 Å². The molecule has 112 valence electrons. The lowest BCUT2D eigenvalue weighted by molar-refractivity contribution is 0.0979. The summed E-state index contributed by atoms with van der Waals surface area (Å²) in [5.41, 5.74) is 2.79. The maximum absolute atomic E-state index is 12.8. The average Bonchev–Trinajstić information content (AvgIpc) is 2.56. The molecule has 3 rings (SSSR count). The van der Waals surface area contributed by atoms with Crippen LogP contribution in [0.15, 0.2) is 42.5 Å². The summed E-state index contributed by atoms with van der Waals surface area (Å²) in [4.78, 5) is 25.4. The summed E-state index contributed by atoms with van der Waals surface area (Å²) < 4.78 is 0. The Bertz CT molecular complexity index is 734. The zero-order chi connectivity index (χ0) is 15.5. The number of ketones is 2. The van der Waals surface area contributed by atoms with Crippen molar-refractivity contribution >= 4 is 17.3 Å². The van der Waals surface area contributed by atoms with Crippen LogP contribution in [0.5, 0.6) is 0 Å². The number of rotatable bonds is 5. The SMILES string of the molecule is CCCCCNc1cccc2c1C(=O)c1ccccc1C2=O. The lowest BCUT2D eigenvalue weighted by atomic mass is 9.83. The van der Waals surface area contributed by atoms with E-state index in [1.54, 1.807) is 30.3 Å². The summed E-state index contributed by atoms with van der Waals surface area (Å²) in [5.74, 6) is -0.133. The Morgan fingerprint density at radius 3 is 2.23 bits per heavy atom. The molecule has 0 aromatic heterocycles. The molecule has 0 saturated heterocycles. The molecule has 0 radical (unpaired) electrons. The molecule has 0 fully saturated rings. The van der Waals surface area contributed by atoms with Gasteiger partial charge in [0.1, 0.15) is 0 Å². The third-order valence-corrected chi connectivity index (χ3v) is 4.05. The van der Waals surface area contributed by atoms with Crippen molar-refractivity contribution in [2.45, 2.75) is 26.2 Å². The van der Waals surface area contributed by atoms with E-state index in [0.717, 1.165) is 31.5 Å². The van der Waals surface area contributed by atoms with Gasteiger partial charge in [0.25, 0.3) is 0 Å². The number of carbonyl (C=O) groups is 2. The summed E-state index contributed by atoms with van der Waals surface area (Å²) >= 11 is 0. The van der Waals surface area contributed by atoms with Gasteiger partial charge in [-0.25, -0.2) is 0 Å². The van der Waals surface area contributed by atoms with Crippen LogP contribution in [0.2, 0.25) is 0 Å². The molecular formula is C19H19NO2. The van der Waals surface area contributed by atoms with Gasteiger partial charge in [-0.15, -0.1) is 0 Å². The van der Waals surface area contributed by atoms with Crippen LogP contribution >= 0.6 is 0 Å². The molecule has 0 aliphatic heterocycles. The smallest absolute Gasteiger partial charge is 0.196 e. The highest BCUT2D eigenvalue weighted by molar-refractivity contribution is 6.30. The number of fused-ring (bicyclic) bond motifs is 2. The highest BCUT2D eigenvalue weighted by atomic mass is 16.1. The quantitative estimate of drug-likeness (QED) is 0.721. The fourth-order valence-electron chi connectivity index (χ4n) is 2.89. The molecule has 0 heterocycles. The number of hydrogen-bond donors (Lipinski definition) is 1. The van der Waals surface area contributed by atoms with Crippen molar-refractivity contribution in [3.05, 3.63) is 64.7 Å². The summed E-state index contributed by atoms with van der Waals surface area (Å²) in [6.07, 6.45) is 3.36. The second kappa shape index (κ2) is 6.14. The first-order valence-electron chi connectivity index (χ1n) is 7.79. The second-order valence-corrected chi connectivity index (χ2v) is 5.57. The van der Waals surface area contributed by atoms with E-state index in [2.05, 4.69) is 12.2 Å². The van der Waals surface area contributed by atoms with Gasteiger partial charge in [0.2, 0.25) is 0 Å². The van der Waals surface area contributed by atoms with Gasteiger partial charge in [0, 0.05) is 28.9 Å². The molecular weight excluding hydrogens is 274 g/mol. The molecule has 0 unspecified atom stereocenters. The number of nitrogens with one attached hydrogen (secondary N) is 1. The Labute approximate surface area is 130 Å². The highest BCUT2D eigenvalue weighted by Crippen LogP contribution is 2.31. The topological polar surface area (TPSA) is 46.2 Å². The number of hydrogen-bond acceptors (Lipinski definition) is 3. The van der Waals surface area contributed by atoms with Crippen LogP contribution in [0.4, 0.5) is 5.69 Å². The van der Waals surface area contributed by atoms with Crippen molar-refractivity contribution in [3.63, 3.8) is 0 Å². The van der Waals surface area contributed by atoms with Gasteiger partial charge in [-0.05, 0) is 12.5 Å². The molecule has 0 saturated carbocycles. The van der Waals surface area contributed by atoms with E-state index in [9.17, 15) is 9.59 Å². The molecule has 0 atom stereocenters. The van der Waals surface area contributed by atoms with E-state index in [0.29, 0.717) is 22.3 Å². The standard InChI is InChI=1S/C19H19NO2/c1-2-3-6-12-20-16-11-7-10-15-17(16)19(22)14-9-5-4-8-13(14)18(15)21/h4-5,7-11,20H,2-3,6,12H2,1H3. The first-order valence-corrected chi connectivity index (χ1v) is 7.79. The summed E-state index contributed by atoms with van der Waals surface area (Å²) in [6, 6.07) is 12.5. The van der Waals surface area contributed by atoms with Crippen LogP contribution in [0.25, 0.3) is 0 Å². The van der Waals surface area contributed by atoms with Crippen molar-refractivity contribution in [1.29, 1.82) is 0 Å². The van der Waals surface area contributed by atoms with Gasteiger partial charge in [0.15, 0.2) is 11.6 Å². The molecule has 1 aliphatic carbocycles. The van der Waals surface area contributed by atoms with E-state index in [1.165, 1.54) is 0 Å². The largest absolute Gasteiger partial charge is 0.384 e. The average molecular weight is 293 g/mol. The molecule has 1 aliphatic rings. The van der Waals surface area contributed by atoms with Gasteiger partial charge >= 0.3 is 0 Å². The van der Waals surface area contributed by atoms with Gasteiger partial charge in [-0.2, -0.15) is 0 Å². The van der Waals surface area contributed by atoms with E-state index in [4.69, 9.17) is 0 Å². The minimum Gasteiger partial charge on any atom is -0.384 e. The maximum atomic E-state index is 12.8. The predicted octanol–water partition coefficient (Wildman–Crippen LogP) is 4.06. The van der Waals surface area contributed by atoms with Crippen LogP contribution in [0.1, 0.15) is 58.0 Å². The molecule has 3 nitrogen and oxygen atoms in total. The molecule has 1 N–H and O–H groups in total. The fourth-order valence-corrected chi connectivity index (χ4v) is 2.89. The Morgan fingerprint density at radius 1 is 0.818 bits per heavy atom. The molecule has 0 bridgehead atoms. The Balaban J connectivity index is 1.98. The van der Waals surface area contributed by atoms with Gasteiger partial charge in [-0.1, -0.05) is 56.2 Å². The normalized spacial score (nSPS) is 12.8. The zero-order valence-corrected chi connectivity index (χ0v) is 12.7. The third kappa shape index (κ3) is 2.43. The van der Waals surface area contributed by atoms with Crippen LogP contribution in [0.3, 0.4) is 0 Å². The minimum absolute atomic E-state index is 0.0659. The lowest BCUT2D eigenvalue weighted by Crippen LogP contribution is -2.22. The van der Waals surface area contributed by atoms with Crippen molar-refractivity contribution < 1.29 is 9.59 Å². The Kier molecular flexibility index (Phi) is 4.05. The van der Waals surface area contributed by atoms with E-state index >= 15 is 0 Å². The second-order valence-electron chi connectivity index (χ2n) is 5.57. The van der Waals surface area contributed by atoms with Gasteiger partial charge < -0.3 is 5.32 Å². The predicted molar refractivity (Wildman–Crippen MR) is 87.8 cm³/mol. The minimum atomic E-state index is -0.0672. The highest BCUT2D eigenvalue weighted by Gasteiger charge is 2.31. The first kappa shape index (κ1) is 14.5. The van der Waals surface area contributed by atoms with Crippen LogP contribution in [-0.4, -0.2) is 18.1 Å². The molecule has 3 heteroatoms. The Hall–Kier alpha value is -2.42. The molecule has 0 spiro atoms. The van der Waals surface area contributed by atoms with Crippen LogP contribution in [-0.2, 0) is 0 Å². The summed E-state index contributed by atoms with van der Waals surface area (Å²) in [6.45, 7) is 2.97. The molecule has 22 heavy (non-hydrogen) atoms. The first-order chi connectivity index (χ1) is 10.7. The van der Waals surface area contributed by atoms with Crippen molar-refractivity contribution in [1.82, 2.24) is 0 Å². The number of unbranched alkanes of at least 4 members (excludes halogenated alkanes) is 2. The molecule has 2 aromatic carbocycles. The Morgan fingerprint density at radius 2 is 1.50 bits per heavy atom. The van der Waals surface area contributed by atoms with E-state index < -0.39 is 0 Å². The fraction of sp³-hybridized carbons (Fsp3) is 0.263. The molecule has 0 amide bonds. The molecule has 2 aromatic rings.